The molecule has 7 heteroatoms. The molecule has 0 aliphatic rings. The van der Waals surface area contributed by atoms with Gasteiger partial charge in [0.15, 0.2) is 21.5 Å². The van der Waals surface area contributed by atoms with Crippen LogP contribution in [0.5, 0.6) is 11.5 Å². The first-order valence-electron chi connectivity index (χ1n) is 5.58. The highest BCUT2D eigenvalue weighted by Gasteiger charge is 2.21. The van der Waals surface area contributed by atoms with Gasteiger partial charge < -0.3 is 14.2 Å². The van der Waals surface area contributed by atoms with Crippen LogP contribution in [0, 0.1) is 0 Å². The first-order valence-corrected chi connectivity index (χ1v) is 6.77. The Morgan fingerprint density at radius 1 is 1.25 bits per heavy atom. The van der Waals surface area contributed by atoms with E-state index in [1.807, 2.05) is 12.1 Å². The highest BCUT2D eigenvalue weighted by atomic mass is 35.5. The average Bonchev–Trinajstić information content (AvgIpc) is 2.87. The van der Waals surface area contributed by atoms with E-state index in [-0.39, 0.29) is 10.0 Å². The van der Waals surface area contributed by atoms with E-state index in [9.17, 15) is 4.79 Å². The Morgan fingerprint density at radius 3 is 2.60 bits per heavy atom. The maximum absolute atomic E-state index is 11.6. The Labute approximate surface area is 125 Å². The molecular weight excluding hydrogens is 302 g/mol. The molecule has 2 rings (SSSR count). The largest absolute Gasteiger partial charge is 0.493 e. The average molecular weight is 314 g/mol. The van der Waals surface area contributed by atoms with Crippen LogP contribution in [0.1, 0.15) is 9.67 Å². The molecular formula is C13H12ClNO4S. The number of esters is 1. The van der Waals surface area contributed by atoms with E-state index >= 15 is 0 Å². The van der Waals surface area contributed by atoms with Crippen LogP contribution in [0.3, 0.4) is 0 Å². The van der Waals surface area contributed by atoms with Gasteiger partial charge in [0.2, 0.25) is 0 Å². The van der Waals surface area contributed by atoms with E-state index in [0.717, 1.165) is 11.3 Å². The molecule has 0 saturated heterocycles. The van der Waals surface area contributed by atoms with Gasteiger partial charge in [0.05, 0.1) is 26.9 Å². The number of para-hydroxylation sites is 1. The van der Waals surface area contributed by atoms with Crippen LogP contribution in [0.2, 0.25) is 5.15 Å². The van der Waals surface area contributed by atoms with Crippen molar-refractivity contribution in [2.45, 2.75) is 0 Å². The van der Waals surface area contributed by atoms with E-state index < -0.39 is 5.97 Å². The number of hydrogen-bond donors (Lipinski definition) is 0. The summed E-state index contributed by atoms with van der Waals surface area (Å²) in [5.41, 5.74) is 0.703. The zero-order chi connectivity index (χ0) is 14.7. The zero-order valence-electron chi connectivity index (χ0n) is 11.1. The van der Waals surface area contributed by atoms with Crippen molar-refractivity contribution in [3.63, 3.8) is 0 Å². The SMILES string of the molecule is COC(=O)c1sc(-c2cccc(OC)c2OC)nc1Cl. The highest BCUT2D eigenvalue weighted by Crippen LogP contribution is 2.41. The molecule has 0 amide bonds. The van der Waals surface area contributed by atoms with E-state index in [2.05, 4.69) is 9.72 Å². The molecule has 1 aromatic heterocycles. The Bertz CT molecular complexity index is 641. The maximum Gasteiger partial charge on any atom is 0.351 e. The number of aromatic nitrogens is 1. The third-order valence-corrected chi connectivity index (χ3v) is 4.04. The van der Waals surface area contributed by atoms with Gasteiger partial charge in [-0.05, 0) is 12.1 Å². The third-order valence-electron chi connectivity index (χ3n) is 2.59. The van der Waals surface area contributed by atoms with Crippen LogP contribution in [0.15, 0.2) is 18.2 Å². The lowest BCUT2D eigenvalue weighted by molar-refractivity contribution is 0.0606. The topological polar surface area (TPSA) is 57.7 Å². The summed E-state index contributed by atoms with van der Waals surface area (Å²) >= 11 is 7.10. The number of rotatable bonds is 4. The normalized spacial score (nSPS) is 10.2. The van der Waals surface area contributed by atoms with Crippen molar-refractivity contribution in [1.82, 2.24) is 4.98 Å². The summed E-state index contributed by atoms with van der Waals surface area (Å²) < 4.78 is 15.2. The number of benzene rings is 1. The van der Waals surface area contributed by atoms with Gasteiger partial charge in [-0.15, -0.1) is 11.3 Å². The number of methoxy groups -OCH3 is 3. The fourth-order valence-electron chi connectivity index (χ4n) is 1.69. The first kappa shape index (κ1) is 14.6. The number of nitrogens with zero attached hydrogens (tertiary/aromatic N) is 1. The number of carbonyl (C=O) groups excluding carboxylic acids is 1. The van der Waals surface area contributed by atoms with Crippen LogP contribution in [-0.2, 0) is 4.74 Å². The molecule has 1 aromatic carbocycles. The fourth-order valence-corrected chi connectivity index (χ4v) is 2.92. The molecule has 2 aromatic rings. The third kappa shape index (κ3) is 2.57. The van der Waals surface area contributed by atoms with Crippen molar-refractivity contribution in [1.29, 1.82) is 0 Å². The fraction of sp³-hybridized carbons (Fsp3) is 0.231. The second kappa shape index (κ2) is 6.11. The molecule has 0 atom stereocenters. The summed E-state index contributed by atoms with van der Waals surface area (Å²) in [5.74, 6) is 0.605. The Morgan fingerprint density at radius 2 is 2.00 bits per heavy atom. The number of thiazole rings is 1. The number of hydrogen-bond acceptors (Lipinski definition) is 6. The summed E-state index contributed by atoms with van der Waals surface area (Å²) in [7, 11) is 4.39. The predicted octanol–water partition coefficient (Wildman–Crippen LogP) is 3.27. The smallest absolute Gasteiger partial charge is 0.351 e. The second-order valence-electron chi connectivity index (χ2n) is 3.67. The van der Waals surface area contributed by atoms with Gasteiger partial charge in [-0.1, -0.05) is 17.7 Å². The minimum atomic E-state index is -0.513. The Hall–Kier alpha value is -1.79. The van der Waals surface area contributed by atoms with E-state index in [0.29, 0.717) is 22.1 Å². The minimum Gasteiger partial charge on any atom is -0.493 e. The van der Waals surface area contributed by atoms with Crippen LogP contribution in [0.25, 0.3) is 10.6 Å². The van der Waals surface area contributed by atoms with Crippen LogP contribution >= 0.6 is 22.9 Å². The molecule has 0 aliphatic heterocycles. The molecule has 5 nitrogen and oxygen atoms in total. The molecule has 20 heavy (non-hydrogen) atoms. The van der Waals surface area contributed by atoms with Crippen molar-refractivity contribution >= 4 is 28.9 Å². The number of halogens is 1. The minimum absolute atomic E-state index is 0.113. The molecule has 0 bridgehead atoms. The molecule has 0 fully saturated rings. The summed E-state index contributed by atoms with van der Waals surface area (Å²) in [4.78, 5) is 16.0. The highest BCUT2D eigenvalue weighted by molar-refractivity contribution is 7.17. The molecule has 0 radical (unpaired) electrons. The van der Waals surface area contributed by atoms with Crippen molar-refractivity contribution in [2.24, 2.45) is 0 Å². The molecule has 0 aliphatic carbocycles. The van der Waals surface area contributed by atoms with Crippen molar-refractivity contribution < 1.29 is 19.0 Å². The standard InChI is InChI=1S/C13H12ClNO4S/c1-17-8-6-4-5-7(9(8)18-2)12-15-11(14)10(20-12)13(16)19-3/h4-6H,1-3H3. The van der Waals surface area contributed by atoms with Gasteiger partial charge in [-0.3, -0.25) is 0 Å². The summed E-state index contributed by atoms with van der Waals surface area (Å²) in [6.45, 7) is 0. The van der Waals surface area contributed by atoms with Gasteiger partial charge in [-0.25, -0.2) is 9.78 Å². The van der Waals surface area contributed by atoms with E-state index in [4.69, 9.17) is 21.1 Å². The van der Waals surface area contributed by atoms with Crippen molar-refractivity contribution in [3.8, 4) is 22.1 Å². The molecule has 0 N–H and O–H groups in total. The molecule has 0 saturated carbocycles. The zero-order valence-corrected chi connectivity index (χ0v) is 12.7. The Kier molecular flexibility index (Phi) is 4.46. The van der Waals surface area contributed by atoms with Crippen LogP contribution in [0.4, 0.5) is 0 Å². The summed E-state index contributed by atoms with van der Waals surface area (Å²) in [6.07, 6.45) is 0. The lowest BCUT2D eigenvalue weighted by Crippen LogP contribution is -1.98. The summed E-state index contributed by atoms with van der Waals surface area (Å²) in [5, 5.41) is 0.674. The monoisotopic (exact) mass is 313 g/mol. The lowest BCUT2D eigenvalue weighted by atomic mass is 10.2. The molecule has 0 spiro atoms. The second-order valence-corrected chi connectivity index (χ2v) is 5.03. The van der Waals surface area contributed by atoms with Crippen molar-refractivity contribution in [2.75, 3.05) is 21.3 Å². The molecule has 0 unspecified atom stereocenters. The number of ether oxygens (including phenoxy) is 3. The van der Waals surface area contributed by atoms with E-state index in [1.165, 1.54) is 14.2 Å². The quantitative estimate of drug-likeness (QED) is 0.811. The van der Waals surface area contributed by atoms with Gasteiger partial charge in [-0.2, -0.15) is 0 Å². The van der Waals surface area contributed by atoms with Crippen LogP contribution < -0.4 is 9.47 Å². The summed E-state index contributed by atoms with van der Waals surface area (Å²) in [6, 6.07) is 5.40. The molecule has 106 valence electrons. The Balaban J connectivity index is 2.55. The lowest BCUT2D eigenvalue weighted by Gasteiger charge is -2.10. The van der Waals surface area contributed by atoms with Crippen molar-refractivity contribution in [3.05, 3.63) is 28.2 Å². The number of carbonyl (C=O) groups is 1. The predicted molar refractivity (Wildman–Crippen MR) is 77.0 cm³/mol. The van der Waals surface area contributed by atoms with Gasteiger partial charge >= 0.3 is 5.97 Å². The molecule has 1 heterocycles. The maximum atomic E-state index is 11.6. The first-order chi connectivity index (χ1) is 9.62. The van der Waals surface area contributed by atoms with Gasteiger partial charge in [0.25, 0.3) is 0 Å². The van der Waals surface area contributed by atoms with Gasteiger partial charge in [0.1, 0.15) is 5.01 Å². The van der Waals surface area contributed by atoms with Gasteiger partial charge in [0, 0.05) is 0 Å². The van der Waals surface area contributed by atoms with E-state index in [1.54, 1.807) is 13.2 Å². The van der Waals surface area contributed by atoms with Crippen LogP contribution in [-0.4, -0.2) is 32.3 Å².